The highest BCUT2D eigenvalue weighted by Gasteiger charge is 2.25. The Hall–Kier alpha value is -0.300. The second kappa shape index (κ2) is 4.80. The lowest BCUT2D eigenvalue weighted by molar-refractivity contribution is 0.398. The SMILES string of the molecule is C=C(C)CCC(N)C1CCC(C)C1. The summed E-state index contributed by atoms with van der Waals surface area (Å²) in [6.45, 7) is 8.34. The topological polar surface area (TPSA) is 26.0 Å². The number of nitrogens with two attached hydrogens (primary N) is 1. The van der Waals surface area contributed by atoms with E-state index in [9.17, 15) is 0 Å². The van der Waals surface area contributed by atoms with Crippen molar-refractivity contribution in [3.63, 3.8) is 0 Å². The van der Waals surface area contributed by atoms with E-state index >= 15 is 0 Å². The summed E-state index contributed by atoms with van der Waals surface area (Å²) in [7, 11) is 0. The minimum Gasteiger partial charge on any atom is -0.327 e. The Balaban J connectivity index is 2.23. The molecular formula is C12H23N. The van der Waals surface area contributed by atoms with E-state index in [4.69, 9.17) is 5.73 Å². The molecule has 0 aliphatic heterocycles. The molecule has 3 atom stereocenters. The van der Waals surface area contributed by atoms with Gasteiger partial charge >= 0.3 is 0 Å². The molecule has 0 aromatic carbocycles. The maximum atomic E-state index is 6.15. The smallest absolute Gasteiger partial charge is 0.00703 e. The molecule has 0 aromatic rings. The molecule has 13 heavy (non-hydrogen) atoms. The van der Waals surface area contributed by atoms with Gasteiger partial charge in [0.15, 0.2) is 0 Å². The van der Waals surface area contributed by atoms with Crippen molar-refractivity contribution in [2.75, 3.05) is 0 Å². The van der Waals surface area contributed by atoms with Crippen LogP contribution in [0.2, 0.25) is 0 Å². The Morgan fingerprint density at radius 2 is 2.23 bits per heavy atom. The normalized spacial score (nSPS) is 30.4. The molecule has 0 bridgehead atoms. The van der Waals surface area contributed by atoms with Crippen molar-refractivity contribution in [3.05, 3.63) is 12.2 Å². The van der Waals surface area contributed by atoms with E-state index in [1.807, 2.05) is 0 Å². The van der Waals surface area contributed by atoms with Crippen LogP contribution in [0.3, 0.4) is 0 Å². The zero-order valence-electron chi connectivity index (χ0n) is 9.05. The Morgan fingerprint density at radius 1 is 1.54 bits per heavy atom. The van der Waals surface area contributed by atoms with Crippen molar-refractivity contribution in [3.8, 4) is 0 Å². The van der Waals surface area contributed by atoms with Crippen molar-refractivity contribution < 1.29 is 0 Å². The molecule has 0 saturated heterocycles. The molecule has 1 nitrogen and oxygen atoms in total. The summed E-state index contributed by atoms with van der Waals surface area (Å²) in [5.41, 5.74) is 7.41. The Labute approximate surface area is 82.4 Å². The van der Waals surface area contributed by atoms with Crippen molar-refractivity contribution in [2.45, 2.75) is 52.0 Å². The van der Waals surface area contributed by atoms with Crippen LogP contribution in [-0.4, -0.2) is 6.04 Å². The summed E-state index contributed by atoms with van der Waals surface area (Å²) in [4.78, 5) is 0. The van der Waals surface area contributed by atoms with Gasteiger partial charge in [0.2, 0.25) is 0 Å². The van der Waals surface area contributed by atoms with E-state index < -0.39 is 0 Å². The average molecular weight is 181 g/mol. The summed E-state index contributed by atoms with van der Waals surface area (Å²) in [5.74, 6) is 1.69. The van der Waals surface area contributed by atoms with Gasteiger partial charge in [-0.2, -0.15) is 0 Å². The van der Waals surface area contributed by atoms with Gasteiger partial charge < -0.3 is 5.73 Å². The van der Waals surface area contributed by atoms with Gasteiger partial charge in [-0.05, 0) is 44.4 Å². The first kappa shape index (κ1) is 10.8. The molecule has 1 saturated carbocycles. The molecule has 1 aliphatic rings. The third-order valence-electron chi connectivity index (χ3n) is 3.25. The van der Waals surface area contributed by atoms with Crippen LogP contribution in [0.4, 0.5) is 0 Å². The minimum absolute atomic E-state index is 0.418. The minimum atomic E-state index is 0.418. The highest BCUT2D eigenvalue weighted by Crippen LogP contribution is 2.33. The van der Waals surface area contributed by atoms with Crippen molar-refractivity contribution in [2.24, 2.45) is 17.6 Å². The predicted octanol–water partition coefficient (Wildman–Crippen LogP) is 3.11. The molecule has 76 valence electrons. The third-order valence-corrected chi connectivity index (χ3v) is 3.25. The molecule has 1 rings (SSSR count). The van der Waals surface area contributed by atoms with E-state index in [2.05, 4.69) is 20.4 Å². The molecule has 2 N–H and O–H groups in total. The summed E-state index contributed by atoms with van der Waals surface area (Å²) in [6.07, 6.45) is 6.31. The van der Waals surface area contributed by atoms with Crippen LogP contribution in [0, 0.1) is 11.8 Å². The monoisotopic (exact) mass is 181 g/mol. The van der Waals surface area contributed by atoms with Crippen LogP contribution in [0.1, 0.15) is 46.0 Å². The molecule has 1 fully saturated rings. The van der Waals surface area contributed by atoms with Crippen molar-refractivity contribution in [1.29, 1.82) is 0 Å². The summed E-state index contributed by atoms with van der Waals surface area (Å²) >= 11 is 0. The van der Waals surface area contributed by atoms with Crippen LogP contribution in [0.25, 0.3) is 0 Å². The first-order chi connectivity index (χ1) is 6.09. The average Bonchev–Trinajstić information content (AvgIpc) is 2.47. The first-order valence-corrected chi connectivity index (χ1v) is 5.49. The lowest BCUT2D eigenvalue weighted by atomic mass is 9.93. The molecule has 3 unspecified atom stereocenters. The van der Waals surface area contributed by atoms with Crippen LogP contribution >= 0.6 is 0 Å². The highest BCUT2D eigenvalue weighted by molar-refractivity contribution is 4.90. The zero-order valence-corrected chi connectivity index (χ0v) is 9.05. The maximum absolute atomic E-state index is 6.15. The number of hydrogen-bond acceptors (Lipinski definition) is 1. The van der Waals surface area contributed by atoms with Crippen molar-refractivity contribution >= 4 is 0 Å². The molecule has 1 aliphatic carbocycles. The van der Waals surface area contributed by atoms with Gasteiger partial charge in [0.05, 0.1) is 0 Å². The van der Waals surface area contributed by atoms with Gasteiger partial charge in [0.25, 0.3) is 0 Å². The van der Waals surface area contributed by atoms with E-state index in [0.29, 0.717) is 6.04 Å². The third kappa shape index (κ3) is 3.51. The fourth-order valence-corrected chi connectivity index (χ4v) is 2.29. The van der Waals surface area contributed by atoms with Crippen LogP contribution in [0.15, 0.2) is 12.2 Å². The zero-order chi connectivity index (χ0) is 9.84. The fraction of sp³-hybridized carbons (Fsp3) is 0.833. The van der Waals surface area contributed by atoms with Gasteiger partial charge in [-0.25, -0.2) is 0 Å². The molecule has 0 amide bonds. The summed E-state index contributed by atoms with van der Waals surface area (Å²) in [6, 6.07) is 0.418. The van der Waals surface area contributed by atoms with E-state index in [1.165, 1.54) is 24.8 Å². The van der Waals surface area contributed by atoms with Gasteiger partial charge in [0, 0.05) is 6.04 Å². The van der Waals surface area contributed by atoms with E-state index in [1.54, 1.807) is 0 Å². The quantitative estimate of drug-likeness (QED) is 0.663. The van der Waals surface area contributed by atoms with Gasteiger partial charge in [-0.1, -0.05) is 18.9 Å². The lowest BCUT2D eigenvalue weighted by Gasteiger charge is -2.18. The molecular weight excluding hydrogens is 158 g/mol. The summed E-state index contributed by atoms with van der Waals surface area (Å²) in [5, 5.41) is 0. The molecule has 0 heterocycles. The van der Waals surface area contributed by atoms with Gasteiger partial charge in [0.1, 0.15) is 0 Å². The van der Waals surface area contributed by atoms with Gasteiger partial charge in [-0.3, -0.25) is 0 Å². The molecule has 1 heteroatoms. The van der Waals surface area contributed by atoms with Crippen molar-refractivity contribution in [1.82, 2.24) is 0 Å². The number of allylic oxidation sites excluding steroid dienone is 1. The lowest BCUT2D eigenvalue weighted by Crippen LogP contribution is -2.28. The largest absolute Gasteiger partial charge is 0.327 e. The Kier molecular flexibility index (Phi) is 3.98. The number of rotatable bonds is 4. The Bertz CT molecular complexity index is 174. The maximum Gasteiger partial charge on any atom is 0.00703 e. The van der Waals surface area contributed by atoms with E-state index in [0.717, 1.165) is 24.7 Å². The van der Waals surface area contributed by atoms with E-state index in [-0.39, 0.29) is 0 Å². The van der Waals surface area contributed by atoms with Crippen LogP contribution in [0.5, 0.6) is 0 Å². The number of hydrogen-bond donors (Lipinski definition) is 1. The molecule has 0 aromatic heterocycles. The van der Waals surface area contributed by atoms with Gasteiger partial charge in [-0.15, -0.1) is 6.58 Å². The summed E-state index contributed by atoms with van der Waals surface area (Å²) < 4.78 is 0. The first-order valence-electron chi connectivity index (χ1n) is 5.49. The standard InChI is InChI=1S/C12H23N/c1-9(2)4-7-12(13)11-6-5-10(3)8-11/h10-12H,1,4-8,13H2,2-3H3. The van der Waals surface area contributed by atoms with Crippen LogP contribution < -0.4 is 5.73 Å². The second-order valence-corrected chi connectivity index (χ2v) is 4.84. The second-order valence-electron chi connectivity index (χ2n) is 4.84. The molecule has 0 radical (unpaired) electrons. The molecule has 0 spiro atoms. The van der Waals surface area contributed by atoms with Crippen LogP contribution in [-0.2, 0) is 0 Å². The highest BCUT2D eigenvalue weighted by atomic mass is 14.7. The fourth-order valence-electron chi connectivity index (χ4n) is 2.29. The Morgan fingerprint density at radius 3 is 2.69 bits per heavy atom. The predicted molar refractivity (Wildman–Crippen MR) is 58.5 cm³/mol.